The number of amides is 1. The maximum Gasteiger partial charge on any atom is 0.217 e. The Morgan fingerprint density at radius 2 is 1.89 bits per heavy atom. The van der Waals surface area contributed by atoms with Gasteiger partial charge in [-0.05, 0) is 65.3 Å². The first-order chi connectivity index (χ1) is 16.4. The second-order valence-electron chi connectivity index (χ2n) is 11.5. The Kier molecular flexibility index (Phi) is 8.71. The zero-order chi connectivity index (χ0) is 25.8. The largest absolute Gasteiger partial charge is 0.391 e. The minimum absolute atomic E-state index is 0.0177. The standard InChI is InChI=1S/C29H40F2N2O2/c1-19-7-6-10-29(17-19,23-9-5-8-22(15-23)28(2,3)4)33-18-26(34)21(14-27(32)35)11-20-12-24(30)16-25(31)13-20/h5,8-9,12-13,15-16,19,21,26,33-34H,6-7,10-11,14,17-18H2,1-4H3,(H2,32,35). The van der Waals surface area contributed by atoms with Crippen molar-refractivity contribution in [2.75, 3.05) is 6.54 Å². The van der Waals surface area contributed by atoms with E-state index >= 15 is 0 Å². The van der Waals surface area contributed by atoms with E-state index in [2.05, 4.69) is 57.3 Å². The minimum Gasteiger partial charge on any atom is -0.391 e. The lowest BCUT2D eigenvalue weighted by Crippen LogP contribution is -2.50. The monoisotopic (exact) mass is 486 g/mol. The lowest BCUT2D eigenvalue weighted by molar-refractivity contribution is -0.119. The quantitative estimate of drug-likeness (QED) is 0.447. The highest BCUT2D eigenvalue weighted by Crippen LogP contribution is 2.41. The number of carbonyl (C=O) groups is 1. The SMILES string of the molecule is CC1CCCC(NCC(O)C(CC(N)=O)Cc2cc(F)cc(F)c2)(c2cccc(C(C)(C)C)c2)C1. The van der Waals surface area contributed by atoms with Gasteiger partial charge in [-0.2, -0.15) is 0 Å². The molecule has 4 nitrogen and oxygen atoms in total. The molecule has 4 atom stereocenters. The molecule has 192 valence electrons. The Bertz CT molecular complexity index is 1000. The first-order valence-electron chi connectivity index (χ1n) is 12.7. The Hall–Kier alpha value is -2.31. The molecule has 2 aromatic rings. The van der Waals surface area contributed by atoms with Crippen LogP contribution in [0.15, 0.2) is 42.5 Å². The van der Waals surface area contributed by atoms with Crippen molar-refractivity contribution in [1.82, 2.24) is 5.32 Å². The molecule has 6 heteroatoms. The van der Waals surface area contributed by atoms with Gasteiger partial charge in [-0.15, -0.1) is 0 Å². The van der Waals surface area contributed by atoms with E-state index in [1.165, 1.54) is 29.7 Å². The highest BCUT2D eigenvalue weighted by molar-refractivity contribution is 5.74. The summed E-state index contributed by atoms with van der Waals surface area (Å²) in [5, 5.41) is 14.8. The van der Waals surface area contributed by atoms with E-state index < -0.39 is 29.6 Å². The molecule has 0 spiro atoms. The third-order valence-electron chi connectivity index (χ3n) is 7.36. The molecule has 0 aliphatic heterocycles. The summed E-state index contributed by atoms with van der Waals surface area (Å²) < 4.78 is 27.4. The number of carbonyl (C=O) groups excluding carboxylic acids is 1. The molecule has 0 bridgehead atoms. The van der Waals surface area contributed by atoms with E-state index in [1.54, 1.807) is 0 Å². The van der Waals surface area contributed by atoms with Crippen molar-refractivity contribution in [2.45, 2.75) is 83.3 Å². The second-order valence-corrected chi connectivity index (χ2v) is 11.5. The summed E-state index contributed by atoms with van der Waals surface area (Å²) in [6.07, 6.45) is 3.33. The number of benzene rings is 2. The number of aliphatic hydroxyl groups is 1. The van der Waals surface area contributed by atoms with E-state index in [-0.39, 0.29) is 30.3 Å². The van der Waals surface area contributed by atoms with Crippen LogP contribution >= 0.6 is 0 Å². The van der Waals surface area contributed by atoms with Gasteiger partial charge in [0.05, 0.1) is 6.10 Å². The molecule has 2 aromatic carbocycles. The van der Waals surface area contributed by atoms with Gasteiger partial charge in [-0.1, -0.05) is 64.8 Å². The van der Waals surface area contributed by atoms with Gasteiger partial charge in [-0.3, -0.25) is 4.79 Å². The second kappa shape index (κ2) is 11.2. The minimum atomic E-state index is -0.909. The topological polar surface area (TPSA) is 75.3 Å². The lowest BCUT2D eigenvalue weighted by Gasteiger charge is -2.43. The summed E-state index contributed by atoms with van der Waals surface area (Å²) >= 11 is 0. The summed E-state index contributed by atoms with van der Waals surface area (Å²) in [7, 11) is 0. The van der Waals surface area contributed by atoms with Gasteiger partial charge in [0.25, 0.3) is 0 Å². The third-order valence-corrected chi connectivity index (χ3v) is 7.36. The lowest BCUT2D eigenvalue weighted by atomic mass is 9.71. The molecule has 1 aliphatic rings. The molecular formula is C29H40F2N2O2. The molecule has 0 heterocycles. The Morgan fingerprint density at radius 3 is 2.49 bits per heavy atom. The molecular weight excluding hydrogens is 446 g/mol. The summed E-state index contributed by atoms with van der Waals surface area (Å²) in [6, 6.07) is 12.0. The summed E-state index contributed by atoms with van der Waals surface area (Å²) in [5.41, 5.74) is 8.05. The van der Waals surface area contributed by atoms with Gasteiger partial charge in [0.15, 0.2) is 0 Å². The highest BCUT2D eigenvalue weighted by Gasteiger charge is 2.38. The van der Waals surface area contributed by atoms with Crippen molar-refractivity contribution >= 4 is 5.91 Å². The number of primary amides is 1. The maximum absolute atomic E-state index is 13.7. The van der Waals surface area contributed by atoms with Crippen LogP contribution in [0.5, 0.6) is 0 Å². The zero-order valence-electron chi connectivity index (χ0n) is 21.4. The van der Waals surface area contributed by atoms with Crippen LogP contribution in [-0.2, 0) is 22.2 Å². The summed E-state index contributed by atoms with van der Waals surface area (Å²) in [5.74, 6) is -1.94. The summed E-state index contributed by atoms with van der Waals surface area (Å²) in [6.45, 7) is 9.10. The van der Waals surface area contributed by atoms with Crippen molar-refractivity contribution in [3.05, 3.63) is 70.8 Å². The van der Waals surface area contributed by atoms with Gasteiger partial charge in [0, 0.05) is 24.6 Å². The molecule has 3 rings (SSSR count). The van der Waals surface area contributed by atoms with Crippen LogP contribution in [0.4, 0.5) is 8.78 Å². The van der Waals surface area contributed by atoms with Gasteiger partial charge < -0.3 is 16.2 Å². The third kappa shape index (κ3) is 7.34. The summed E-state index contributed by atoms with van der Waals surface area (Å²) in [4.78, 5) is 11.7. The van der Waals surface area contributed by atoms with E-state index in [1.807, 2.05) is 0 Å². The maximum atomic E-state index is 13.7. The van der Waals surface area contributed by atoms with Crippen LogP contribution in [0.2, 0.25) is 0 Å². The van der Waals surface area contributed by atoms with Crippen molar-refractivity contribution in [3.8, 4) is 0 Å². The average molecular weight is 487 g/mol. The molecule has 0 aromatic heterocycles. The molecule has 0 saturated heterocycles. The van der Waals surface area contributed by atoms with E-state index in [0.717, 1.165) is 25.3 Å². The molecule has 1 saturated carbocycles. The van der Waals surface area contributed by atoms with Gasteiger partial charge >= 0.3 is 0 Å². The van der Waals surface area contributed by atoms with Crippen LogP contribution in [0, 0.1) is 23.5 Å². The normalized spacial score (nSPS) is 22.5. The number of rotatable bonds is 9. The van der Waals surface area contributed by atoms with Gasteiger partial charge in [0.1, 0.15) is 11.6 Å². The van der Waals surface area contributed by atoms with Crippen LogP contribution < -0.4 is 11.1 Å². The molecule has 1 amide bonds. The molecule has 4 N–H and O–H groups in total. The van der Waals surface area contributed by atoms with Crippen molar-refractivity contribution in [3.63, 3.8) is 0 Å². The fraction of sp³-hybridized carbons (Fsp3) is 0.552. The van der Waals surface area contributed by atoms with Crippen molar-refractivity contribution in [1.29, 1.82) is 0 Å². The highest BCUT2D eigenvalue weighted by atomic mass is 19.1. The zero-order valence-corrected chi connectivity index (χ0v) is 21.4. The van der Waals surface area contributed by atoms with Crippen molar-refractivity contribution < 1.29 is 18.7 Å². The first-order valence-corrected chi connectivity index (χ1v) is 12.7. The molecule has 1 fully saturated rings. The number of halogens is 2. The van der Waals surface area contributed by atoms with Gasteiger partial charge in [-0.25, -0.2) is 8.78 Å². The number of nitrogens with two attached hydrogens (primary N) is 1. The number of nitrogens with one attached hydrogen (secondary N) is 1. The molecule has 35 heavy (non-hydrogen) atoms. The smallest absolute Gasteiger partial charge is 0.217 e. The van der Waals surface area contributed by atoms with E-state index in [4.69, 9.17) is 5.73 Å². The van der Waals surface area contributed by atoms with Crippen LogP contribution in [0.25, 0.3) is 0 Å². The Morgan fingerprint density at radius 1 is 1.20 bits per heavy atom. The molecule has 4 unspecified atom stereocenters. The fourth-order valence-electron chi connectivity index (χ4n) is 5.46. The Labute approximate surface area is 208 Å². The van der Waals surface area contributed by atoms with Crippen molar-refractivity contribution in [2.24, 2.45) is 17.6 Å². The number of hydrogen-bond donors (Lipinski definition) is 3. The fourth-order valence-corrected chi connectivity index (χ4v) is 5.46. The predicted molar refractivity (Wildman–Crippen MR) is 136 cm³/mol. The average Bonchev–Trinajstić information content (AvgIpc) is 2.75. The van der Waals surface area contributed by atoms with Crippen LogP contribution in [0.1, 0.15) is 76.5 Å². The van der Waals surface area contributed by atoms with Crippen LogP contribution in [-0.4, -0.2) is 23.7 Å². The number of aliphatic hydroxyl groups excluding tert-OH is 1. The molecule has 0 radical (unpaired) electrons. The number of hydrogen-bond acceptors (Lipinski definition) is 3. The van der Waals surface area contributed by atoms with Gasteiger partial charge in [0.2, 0.25) is 5.91 Å². The molecule has 1 aliphatic carbocycles. The van der Waals surface area contributed by atoms with E-state index in [0.29, 0.717) is 11.5 Å². The Balaban J connectivity index is 1.84. The first kappa shape index (κ1) is 27.3. The van der Waals surface area contributed by atoms with Crippen LogP contribution in [0.3, 0.4) is 0 Å². The van der Waals surface area contributed by atoms with E-state index in [9.17, 15) is 18.7 Å². The predicted octanol–water partition coefficient (Wildman–Crippen LogP) is 5.35.